The van der Waals surface area contributed by atoms with Gasteiger partial charge in [0.1, 0.15) is 12.6 Å². The number of carbonyl (C=O) groups is 3. The van der Waals surface area contributed by atoms with Crippen LogP contribution in [-0.4, -0.2) is 85.4 Å². The third kappa shape index (κ3) is 5.30. The fourth-order valence-electron chi connectivity index (χ4n) is 6.07. The average Bonchev–Trinajstić information content (AvgIpc) is 3.41. The number of benzene rings is 1. The highest BCUT2D eigenvalue weighted by molar-refractivity contribution is 5.99. The predicted octanol–water partition coefficient (Wildman–Crippen LogP) is 2.65. The van der Waals surface area contributed by atoms with Crippen molar-refractivity contribution in [2.24, 2.45) is 17.1 Å². The van der Waals surface area contributed by atoms with Gasteiger partial charge in [0.2, 0.25) is 11.8 Å². The maximum Gasteiger partial charge on any atom is 0.249 e. The van der Waals surface area contributed by atoms with Crippen LogP contribution in [0.2, 0.25) is 0 Å². The summed E-state index contributed by atoms with van der Waals surface area (Å²) in [7, 11) is 0. The summed E-state index contributed by atoms with van der Waals surface area (Å²) in [5.74, 6) is -1.11. The topological polar surface area (TPSA) is 96.2 Å². The first-order chi connectivity index (χ1) is 17.0. The van der Waals surface area contributed by atoms with E-state index in [0.29, 0.717) is 24.1 Å². The van der Waals surface area contributed by atoms with Crippen molar-refractivity contribution in [3.8, 4) is 0 Å². The standard InChI is InChI=1S/C28H42N4O4/c1-6-18-16-32(24-23(33)17-36-25(18)24)27(35)22(15-28(3,4)5)21-14-19(8-9-20(21)26(29)34)31-12-10-30(7-2)11-13-31/h8-9,14,18,22,24-25H,6-7,10-13,15-17H2,1-5H3,(H2,29,34)/t18-,22+,24-,25-/m1/s1. The van der Waals surface area contributed by atoms with Gasteiger partial charge in [-0.05, 0) is 48.6 Å². The van der Waals surface area contributed by atoms with Crippen LogP contribution in [0.1, 0.15) is 69.3 Å². The van der Waals surface area contributed by atoms with Crippen LogP contribution in [0.3, 0.4) is 0 Å². The normalized spacial score (nSPS) is 25.8. The average molecular weight is 499 g/mol. The number of anilines is 1. The van der Waals surface area contributed by atoms with Gasteiger partial charge in [-0.2, -0.15) is 0 Å². The molecule has 0 aliphatic carbocycles. The molecule has 1 aromatic rings. The Morgan fingerprint density at radius 1 is 1.14 bits per heavy atom. The number of fused-ring (bicyclic) bond motifs is 1. The number of nitrogens with two attached hydrogens (primary N) is 1. The molecule has 4 atom stereocenters. The van der Waals surface area contributed by atoms with Gasteiger partial charge in [0.05, 0.1) is 12.0 Å². The molecule has 0 bridgehead atoms. The van der Waals surface area contributed by atoms with E-state index in [-0.39, 0.29) is 35.7 Å². The fraction of sp³-hybridized carbons (Fsp3) is 0.679. The van der Waals surface area contributed by atoms with E-state index in [2.05, 4.69) is 44.4 Å². The van der Waals surface area contributed by atoms with Gasteiger partial charge in [0.25, 0.3) is 0 Å². The number of rotatable bonds is 7. The van der Waals surface area contributed by atoms with Crippen molar-refractivity contribution in [3.63, 3.8) is 0 Å². The highest BCUT2D eigenvalue weighted by atomic mass is 16.5. The molecule has 3 saturated heterocycles. The SMILES string of the molecule is CC[C@@H]1CN(C(=O)[C@@H](CC(C)(C)C)c2cc(N3CCN(CC)CC3)ccc2C(N)=O)[C@@H]2C(=O)CO[C@H]12. The van der Waals surface area contributed by atoms with Gasteiger partial charge < -0.3 is 25.2 Å². The summed E-state index contributed by atoms with van der Waals surface area (Å²) in [6.07, 6.45) is 1.14. The predicted molar refractivity (Wildman–Crippen MR) is 140 cm³/mol. The highest BCUT2D eigenvalue weighted by Gasteiger charge is 2.52. The van der Waals surface area contributed by atoms with Crippen LogP contribution in [0.4, 0.5) is 5.69 Å². The number of ketones is 1. The van der Waals surface area contributed by atoms with E-state index < -0.39 is 17.9 Å². The van der Waals surface area contributed by atoms with E-state index >= 15 is 0 Å². The number of Topliss-reactive ketones (excluding diaryl/α,β-unsaturated/α-hetero) is 1. The first kappa shape index (κ1) is 26.6. The molecule has 198 valence electrons. The number of nitrogens with zero attached hydrogens (tertiary/aromatic N) is 3. The lowest BCUT2D eigenvalue weighted by Crippen LogP contribution is -2.46. The second-order valence-corrected chi connectivity index (χ2v) is 11.7. The Bertz CT molecular complexity index is 996. The minimum Gasteiger partial charge on any atom is -0.369 e. The van der Waals surface area contributed by atoms with Crippen molar-refractivity contribution in [1.29, 1.82) is 0 Å². The van der Waals surface area contributed by atoms with Crippen LogP contribution in [0.5, 0.6) is 0 Å². The van der Waals surface area contributed by atoms with Crippen molar-refractivity contribution in [2.75, 3.05) is 50.8 Å². The molecule has 2 amide bonds. The summed E-state index contributed by atoms with van der Waals surface area (Å²) in [4.78, 5) is 46.0. The van der Waals surface area contributed by atoms with Gasteiger partial charge in [-0.3, -0.25) is 14.4 Å². The number of likely N-dealkylation sites (N-methyl/N-ethyl adjacent to an activating group) is 1. The number of carbonyl (C=O) groups excluding carboxylic acids is 3. The molecule has 3 aliphatic rings. The fourth-order valence-corrected chi connectivity index (χ4v) is 6.07. The maximum atomic E-state index is 14.3. The Labute approximate surface area is 215 Å². The Morgan fingerprint density at radius 2 is 1.83 bits per heavy atom. The van der Waals surface area contributed by atoms with Crippen LogP contribution < -0.4 is 10.6 Å². The number of primary amides is 1. The molecule has 8 nitrogen and oxygen atoms in total. The maximum absolute atomic E-state index is 14.3. The largest absolute Gasteiger partial charge is 0.369 e. The zero-order valence-electron chi connectivity index (χ0n) is 22.5. The third-order valence-electron chi connectivity index (χ3n) is 8.07. The van der Waals surface area contributed by atoms with Gasteiger partial charge in [0.15, 0.2) is 5.78 Å². The summed E-state index contributed by atoms with van der Waals surface area (Å²) >= 11 is 0. The van der Waals surface area contributed by atoms with E-state index in [1.54, 1.807) is 11.0 Å². The molecule has 3 aliphatic heterocycles. The Morgan fingerprint density at radius 3 is 2.42 bits per heavy atom. The number of hydrogen-bond donors (Lipinski definition) is 1. The van der Waals surface area contributed by atoms with Crippen molar-refractivity contribution in [1.82, 2.24) is 9.80 Å². The quantitative estimate of drug-likeness (QED) is 0.621. The minimum atomic E-state index is -0.575. The second kappa shape index (κ2) is 10.5. The molecule has 1 aromatic carbocycles. The summed E-state index contributed by atoms with van der Waals surface area (Å²) in [5.41, 5.74) is 7.69. The van der Waals surface area contributed by atoms with E-state index in [9.17, 15) is 14.4 Å². The molecule has 0 aromatic heterocycles. The van der Waals surface area contributed by atoms with Crippen LogP contribution in [0.15, 0.2) is 18.2 Å². The highest BCUT2D eigenvalue weighted by Crippen LogP contribution is 2.40. The Kier molecular flexibility index (Phi) is 7.76. The monoisotopic (exact) mass is 498 g/mol. The van der Waals surface area contributed by atoms with E-state index in [1.165, 1.54) is 0 Å². The molecule has 3 heterocycles. The van der Waals surface area contributed by atoms with E-state index in [1.807, 2.05) is 12.1 Å². The third-order valence-corrected chi connectivity index (χ3v) is 8.07. The van der Waals surface area contributed by atoms with Gasteiger partial charge in [-0.15, -0.1) is 0 Å². The molecular formula is C28H42N4O4. The molecule has 0 spiro atoms. The smallest absolute Gasteiger partial charge is 0.249 e. The van der Waals surface area contributed by atoms with Crippen LogP contribution in [-0.2, 0) is 14.3 Å². The molecule has 4 rings (SSSR count). The Balaban J connectivity index is 1.72. The first-order valence-electron chi connectivity index (χ1n) is 13.4. The lowest BCUT2D eigenvalue weighted by Gasteiger charge is -2.36. The van der Waals surface area contributed by atoms with Crippen molar-refractivity contribution in [2.45, 2.75) is 65.5 Å². The lowest BCUT2D eigenvalue weighted by molar-refractivity contribution is -0.138. The van der Waals surface area contributed by atoms with Crippen LogP contribution in [0, 0.1) is 11.3 Å². The zero-order valence-corrected chi connectivity index (χ0v) is 22.5. The number of ether oxygens (including phenoxy) is 1. The number of likely N-dealkylation sites (tertiary alicyclic amines) is 1. The molecule has 2 N–H and O–H groups in total. The van der Waals surface area contributed by atoms with Gasteiger partial charge >= 0.3 is 0 Å². The van der Waals surface area contributed by atoms with Crippen LogP contribution >= 0.6 is 0 Å². The molecule has 0 saturated carbocycles. The Hall–Kier alpha value is -2.45. The van der Waals surface area contributed by atoms with E-state index in [4.69, 9.17) is 10.5 Å². The molecule has 8 heteroatoms. The van der Waals surface area contributed by atoms with Crippen LogP contribution in [0.25, 0.3) is 0 Å². The van der Waals surface area contributed by atoms with Crippen molar-refractivity contribution < 1.29 is 19.1 Å². The van der Waals surface area contributed by atoms with Gasteiger partial charge in [-0.1, -0.05) is 34.6 Å². The molecule has 0 unspecified atom stereocenters. The van der Waals surface area contributed by atoms with Crippen molar-refractivity contribution in [3.05, 3.63) is 29.3 Å². The van der Waals surface area contributed by atoms with Gasteiger partial charge in [-0.25, -0.2) is 0 Å². The zero-order chi connectivity index (χ0) is 26.2. The van der Waals surface area contributed by atoms with Gasteiger partial charge in [0, 0.05) is 49.9 Å². The lowest BCUT2D eigenvalue weighted by atomic mass is 9.79. The van der Waals surface area contributed by atoms with E-state index in [0.717, 1.165) is 44.8 Å². The summed E-state index contributed by atoms with van der Waals surface area (Å²) in [5, 5.41) is 0. The van der Waals surface area contributed by atoms with Crippen molar-refractivity contribution >= 4 is 23.3 Å². The number of piperazine rings is 1. The summed E-state index contributed by atoms with van der Waals surface area (Å²) in [6.45, 7) is 15.8. The second-order valence-electron chi connectivity index (χ2n) is 11.7. The minimum absolute atomic E-state index is 0.0310. The number of hydrogen-bond acceptors (Lipinski definition) is 6. The summed E-state index contributed by atoms with van der Waals surface area (Å²) < 4.78 is 5.81. The molecular weight excluding hydrogens is 456 g/mol. The molecule has 3 fully saturated rings. The molecule has 36 heavy (non-hydrogen) atoms. The summed E-state index contributed by atoms with van der Waals surface area (Å²) in [6, 6.07) is 5.17. The molecule has 0 radical (unpaired) electrons. The number of amides is 2. The first-order valence-corrected chi connectivity index (χ1v) is 13.4.